The standard InChI is InChI=1S/C29H36O4.CH4/c1-2-32-24-17-11-16-23(20-24)25-18-9-10-19-26(25)29(31)33-28(22-14-7-4-8-15-22)27(30)21-12-5-3-6-13-21;/h9-11,16-22,28H,2-8,12-15H2,1H3;1H4. The van der Waals surface area contributed by atoms with Gasteiger partial charge in [-0.15, -0.1) is 0 Å². The molecule has 0 spiro atoms. The van der Waals surface area contributed by atoms with Crippen molar-refractivity contribution >= 4 is 11.8 Å². The first-order chi connectivity index (χ1) is 16.2. The van der Waals surface area contributed by atoms with Gasteiger partial charge < -0.3 is 9.47 Å². The van der Waals surface area contributed by atoms with E-state index >= 15 is 0 Å². The van der Waals surface area contributed by atoms with Crippen molar-refractivity contribution < 1.29 is 19.1 Å². The highest BCUT2D eigenvalue weighted by Crippen LogP contribution is 2.35. The Kier molecular flexibility index (Phi) is 9.74. The molecule has 0 saturated heterocycles. The van der Waals surface area contributed by atoms with E-state index in [-0.39, 0.29) is 25.0 Å². The Labute approximate surface area is 205 Å². The van der Waals surface area contributed by atoms with Gasteiger partial charge in [-0.2, -0.15) is 0 Å². The second-order valence-electron chi connectivity index (χ2n) is 9.47. The third-order valence-electron chi connectivity index (χ3n) is 7.20. The van der Waals surface area contributed by atoms with Gasteiger partial charge in [0.25, 0.3) is 0 Å². The smallest absolute Gasteiger partial charge is 0.339 e. The number of Topliss-reactive ketones (excluding diaryl/α,β-unsaturated/α-hetero) is 1. The Morgan fingerprint density at radius 1 is 0.882 bits per heavy atom. The van der Waals surface area contributed by atoms with Gasteiger partial charge in [0, 0.05) is 11.8 Å². The van der Waals surface area contributed by atoms with E-state index < -0.39 is 12.1 Å². The van der Waals surface area contributed by atoms with Gasteiger partial charge in [0.2, 0.25) is 0 Å². The molecule has 0 radical (unpaired) electrons. The molecule has 0 aliphatic heterocycles. The molecule has 1 atom stereocenters. The molecule has 0 heterocycles. The van der Waals surface area contributed by atoms with Crippen LogP contribution in [0.3, 0.4) is 0 Å². The van der Waals surface area contributed by atoms with E-state index in [9.17, 15) is 9.59 Å². The van der Waals surface area contributed by atoms with Crippen molar-refractivity contribution in [1.29, 1.82) is 0 Å². The Hall–Kier alpha value is -2.62. The van der Waals surface area contributed by atoms with Crippen LogP contribution in [-0.4, -0.2) is 24.5 Å². The normalized spacial score (nSPS) is 17.9. The topological polar surface area (TPSA) is 52.6 Å². The van der Waals surface area contributed by atoms with Crippen molar-refractivity contribution in [1.82, 2.24) is 0 Å². The van der Waals surface area contributed by atoms with Crippen LogP contribution in [0.1, 0.15) is 88.9 Å². The molecule has 0 bridgehead atoms. The highest BCUT2D eigenvalue weighted by Gasteiger charge is 2.37. The van der Waals surface area contributed by atoms with E-state index in [2.05, 4.69) is 0 Å². The zero-order valence-corrected chi connectivity index (χ0v) is 19.8. The van der Waals surface area contributed by atoms with Crippen molar-refractivity contribution in [3.63, 3.8) is 0 Å². The lowest BCUT2D eigenvalue weighted by atomic mass is 9.77. The average Bonchev–Trinajstić information content (AvgIpc) is 2.88. The second kappa shape index (κ2) is 12.7. The van der Waals surface area contributed by atoms with Crippen LogP contribution in [0.2, 0.25) is 0 Å². The number of hydrogen-bond donors (Lipinski definition) is 0. The van der Waals surface area contributed by atoms with Crippen LogP contribution < -0.4 is 4.74 Å². The van der Waals surface area contributed by atoms with Crippen LogP contribution in [0, 0.1) is 11.8 Å². The van der Waals surface area contributed by atoms with Gasteiger partial charge in [0.15, 0.2) is 11.9 Å². The summed E-state index contributed by atoms with van der Waals surface area (Å²) in [6.45, 7) is 2.53. The van der Waals surface area contributed by atoms with E-state index in [4.69, 9.17) is 9.47 Å². The summed E-state index contributed by atoms with van der Waals surface area (Å²) < 4.78 is 11.8. The number of hydrogen-bond acceptors (Lipinski definition) is 4. The largest absolute Gasteiger partial charge is 0.494 e. The summed E-state index contributed by atoms with van der Waals surface area (Å²) >= 11 is 0. The summed E-state index contributed by atoms with van der Waals surface area (Å²) in [5, 5.41) is 0. The first-order valence-corrected chi connectivity index (χ1v) is 12.7. The van der Waals surface area contributed by atoms with E-state index in [1.807, 2.05) is 49.4 Å². The van der Waals surface area contributed by atoms with Gasteiger partial charge in [-0.05, 0) is 61.9 Å². The highest BCUT2D eigenvalue weighted by atomic mass is 16.5. The van der Waals surface area contributed by atoms with E-state index in [1.54, 1.807) is 6.07 Å². The Morgan fingerprint density at radius 2 is 1.56 bits per heavy atom. The number of esters is 1. The molecule has 2 fully saturated rings. The van der Waals surface area contributed by atoms with Gasteiger partial charge in [0.05, 0.1) is 12.2 Å². The second-order valence-corrected chi connectivity index (χ2v) is 9.47. The van der Waals surface area contributed by atoms with Crippen molar-refractivity contribution in [3.05, 3.63) is 54.1 Å². The van der Waals surface area contributed by atoms with E-state index in [0.29, 0.717) is 12.2 Å². The zero-order valence-electron chi connectivity index (χ0n) is 19.8. The van der Waals surface area contributed by atoms with Gasteiger partial charge in [-0.3, -0.25) is 4.79 Å². The Morgan fingerprint density at radius 3 is 2.26 bits per heavy atom. The van der Waals surface area contributed by atoms with Crippen molar-refractivity contribution in [3.8, 4) is 16.9 Å². The molecule has 34 heavy (non-hydrogen) atoms. The van der Waals surface area contributed by atoms with Crippen molar-refractivity contribution in [2.24, 2.45) is 11.8 Å². The molecule has 0 aromatic heterocycles. The third kappa shape index (κ3) is 6.28. The number of rotatable bonds is 8. The number of ketones is 1. The maximum atomic E-state index is 13.5. The fraction of sp³-hybridized carbons (Fsp3) is 0.533. The summed E-state index contributed by atoms with van der Waals surface area (Å²) in [4.78, 5) is 27.0. The molecule has 2 aromatic carbocycles. The summed E-state index contributed by atoms with van der Waals surface area (Å²) in [6.07, 6.45) is 9.99. The zero-order chi connectivity index (χ0) is 23.0. The van der Waals surface area contributed by atoms with Crippen LogP contribution in [0.4, 0.5) is 0 Å². The fourth-order valence-corrected chi connectivity index (χ4v) is 5.45. The molecule has 2 saturated carbocycles. The van der Waals surface area contributed by atoms with E-state index in [1.165, 1.54) is 12.8 Å². The Bertz CT molecular complexity index is 938. The summed E-state index contributed by atoms with van der Waals surface area (Å²) in [7, 11) is 0. The maximum Gasteiger partial charge on any atom is 0.339 e. The summed E-state index contributed by atoms with van der Waals surface area (Å²) in [5.41, 5.74) is 2.21. The van der Waals surface area contributed by atoms with Crippen LogP contribution in [0.25, 0.3) is 11.1 Å². The molecule has 184 valence electrons. The molecule has 2 aromatic rings. The van der Waals surface area contributed by atoms with Gasteiger partial charge in [-0.1, -0.05) is 76.3 Å². The minimum absolute atomic E-state index is 0. The lowest BCUT2D eigenvalue weighted by Crippen LogP contribution is -2.40. The van der Waals surface area contributed by atoms with E-state index in [0.717, 1.165) is 68.2 Å². The minimum atomic E-state index is -0.622. The number of carbonyl (C=O) groups excluding carboxylic acids is 2. The lowest BCUT2D eigenvalue weighted by Gasteiger charge is -2.32. The SMILES string of the molecule is C.CCOc1cccc(-c2ccccc2C(=O)OC(C(=O)C2CCCCC2)C2CCCCC2)c1. The molecule has 1 unspecified atom stereocenters. The molecule has 0 amide bonds. The first kappa shape index (κ1) is 26.0. The van der Waals surface area contributed by atoms with Crippen molar-refractivity contribution in [2.45, 2.75) is 84.7 Å². The van der Waals surface area contributed by atoms with Gasteiger partial charge >= 0.3 is 5.97 Å². The number of carbonyl (C=O) groups is 2. The number of benzene rings is 2. The van der Waals surface area contributed by atoms with Crippen LogP contribution in [0.15, 0.2) is 48.5 Å². The maximum absolute atomic E-state index is 13.5. The molecular formula is C30H40O4. The van der Waals surface area contributed by atoms with Crippen LogP contribution in [-0.2, 0) is 9.53 Å². The number of ether oxygens (including phenoxy) is 2. The minimum Gasteiger partial charge on any atom is -0.494 e. The summed E-state index contributed by atoms with van der Waals surface area (Å²) in [6, 6.07) is 15.3. The third-order valence-corrected chi connectivity index (χ3v) is 7.20. The quantitative estimate of drug-likeness (QED) is 0.377. The van der Waals surface area contributed by atoms with Crippen molar-refractivity contribution in [2.75, 3.05) is 6.61 Å². The predicted molar refractivity (Wildman–Crippen MR) is 137 cm³/mol. The monoisotopic (exact) mass is 464 g/mol. The Balaban J connectivity index is 0.00000324. The highest BCUT2D eigenvalue weighted by molar-refractivity contribution is 5.99. The molecule has 4 nitrogen and oxygen atoms in total. The van der Waals surface area contributed by atoms with Gasteiger partial charge in [-0.25, -0.2) is 4.79 Å². The molecule has 4 rings (SSSR count). The van der Waals surface area contributed by atoms with Gasteiger partial charge in [0.1, 0.15) is 5.75 Å². The summed E-state index contributed by atoms with van der Waals surface area (Å²) in [5.74, 6) is 0.714. The fourth-order valence-electron chi connectivity index (χ4n) is 5.45. The molecule has 0 N–H and O–H groups in total. The molecular weight excluding hydrogens is 424 g/mol. The van der Waals surface area contributed by atoms with Crippen LogP contribution in [0.5, 0.6) is 5.75 Å². The predicted octanol–water partition coefficient (Wildman–Crippen LogP) is 7.64. The average molecular weight is 465 g/mol. The molecule has 2 aliphatic carbocycles. The first-order valence-electron chi connectivity index (χ1n) is 12.7. The molecule has 4 heteroatoms. The van der Waals surface area contributed by atoms with Crippen LogP contribution >= 0.6 is 0 Å². The molecule has 2 aliphatic rings. The lowest BCUT2D eigenvalue weighted by molar-refractivity contribution is -0.136.